The number of hydrogen-bond donors (Lipinski definition) is 2. The van der Waals surface area contributed by atoms with E-state index in [2.05, 4.69) is 29.6 Å². The van der Waals surface area contributed by atoms with E-state index in [1.165, 1.54) is 10.9 Å². The van der Waals surface area contributed by atoms with Crippen LogP contribution < -0.4 is 11.3 Å². The smallest absolute Gasteiger partial charge is 0.0708 e. The van der Waals surface area contributed by atoms with Crippen molar-refractivity contribution in [3.8, 4) is 0 Å². The van der Waals surface area contributed by atoms with E-state index >= 15 is 0 Å². The zero-order valence-electron chi connectivity index (χ0n) is 12.2. The molecule has 1 aromatic carbocycles. The van der Waals surface area contributed by atoms with Crippen molar-refractivity contribution in [2.24, 2.45) is 12.9 Å². The molecular weight excluding hydrogens is 262 g/mol. The van der Waals surface area contributed by atoms with Gasteiger partial charge in [0.2, 0.25) is 0 Å². The fraction of sp³-hybridized carbons (Fsp3) is 0.250. The van der Waals surface area contributed by atoms with Crippen LogP contribution in [0.1, 0.15) is 22.9 Å². The molecule has 2 aromatic heterocycles. The number of nitrogens with one attached hydrogen (secondary N) is 1. The molecule has 1 unspecified atom stereocenters. The maximum atomic E-state index is 5.74. The van der Waals surface area contributed by atoms with Crippen molar-refractivity contribution in [3.05, 3.63) is 59.5 Å². The van der Waals surface area contributed by atoms with E-state index < -0.39 is 0 Å². The van der Waals surface area contributed by atoms with E-state index in [4.69, 9.17) is 10.8 Å². The topological polar surface area (TPSA) is 68.8 Å². The molecule has 0 aliphatic rings. The number of fused-ring (bicyclic) bond motifs is 1. The second-order valence-electron chi connectivity index (χ2n) is 5.33. The Labute approximate surface area is 123 Å². The molecule has 5 heteroatoms. The Morgan fingerprint density at radius 1 is 1.33 bits per heavy atom. The lowest BCUT2D eigenvalue weighted by molar-refractivity contribution is 0.539. The van der Waals surface area contributed by atoms with Crippen LogP contribution in [0.3, 0.4) is 0 Å². The van der Waals surface area contributed by atoms with Gasteiger partial charge in [0.25, 0.3) is 0 Å². The lowest BCUT2D eigenvalue weighted by atomic mass is 10.0. The maximum Gasteiger partial charge on any atom is 0.0708 e. The second kappa shape index (κ2) is 5.63. The number of hydrazine groups is 1. The number of aromatic nitrogens is 3. The summed E-state index contributed by atoms with van der Waals surface area (Å²) in [7, 11) is 1.91. The molecule has 3 N–H and O–H groups in total. The highest BCUT2D eigenvalue weighted by molar-refractivity contribution is 5.82. The molecule has 0 saturated carbocycles. The van der Waals surface area contributed by atoms with E-state index in [0.29, 0.717) is 0 Å². The van der Waals surface area contributed by atoms with E-state index in [1.807, 2.05) is 37.6 Å². The average Bonchev–Trinajstić information content (AvgIpc) is 2.90. The number of rotatable bonds is 4. The first kappa shape index (κ1) is 13.7. The predicted octanol–water partition coefficient (Wildman–Crippen LogP) is 2.02. The van der Waals surface area contributed by atoms with Crippen LogP contribution in [0.2, 0.25) is 0 Å². The Kier molecular flexibility index (Phi) is 3.68. The average molecular weight is 281 g/mol. The summed E-state index contributed by atoms with van der Waals surface area (Å²) in [5.74, 6) is 5.74. The van der Waals surface area contributed by atoms with Crippen LogP contribution in [0.4, 0.5) is 0 Å². The number of para-hydroxylation sites is 1. The predicted molar refractivity (Wildman–Crippen MR) is 83.5 cm³/mol. The van der Waals surface area contributed by atoms with Crippen LogP contribution in [0.5, 0.6) is 0 Å². The van der Waals surface area contributed by atoms with Gasteiger partial charge < -0.3 is 0 Å². The Balaban J connectivity index is 1.96. The Morgan fingerprint density at radius 2 is 2.14 bits per heavy atom. The standard InChI is InChI=1S/C16H19N5/c1-11-7-15(19-14-6-4-3-5-13(11)14)16(20-17)8-12-9-18-21(2)10-12/h3-7,9-10,16,20H,8,17H2,1-2H3. The molecular formula is C16H19N5. The molecule has 108 valence electrons. The van der Waals surface area contributed by atoms with Gasteiger partial charge in [-0.15, -0.1) is 0 Å². The van der Waals surface area contributed by atoms with Crippen molar-refractivity contribution in [2.45, 2.75) is 19.4 Å². The number of benzene rings is 1. The lowest BCUT2D eigenvalue weighted by Crippen LogP contribution is -2.30. The fourth-order valence-electron chi connectivity index (χ4n) is 2.62. The number of nitrogens with zero attached hydrogens (tertiary/aromatic N) is 3. The van der Waals surface area contributed by atoms with Crippen molar-refractivity contribution < 1.29 is 0 Å². The third-order valence-corrected chi connectivity index (χ3v) is 3.70. The van der Waals surface area contributed by atoms with Crippen molar-refractivity contribution in [3.63, 3.8) is 0 Å². The van der Waals surface area contributed by atoms with Crippen LogP contribution in [0.15, 0.2) is 42.7 Å². The zero-order chi connectivity index (χ0) is 14.8. The second-order valence-corrected chi connectivity index (χ2v) is 5.33. The highest BCUT2D eigenvalue weighted by Crippen LogP contribution is 2.22. The minimum Gasteiger partial charge on any atom is -0.276 e. The molecule has 0 spiro atoms. The largest absolute Gasteiger partial charge is 0.276 e. The molecule has 0 bridgehead atoms. The van der Waals surface area contributed by atoms with Gasteiger partial charge in [0.15, 0.2) is 0 Å². The van der Waals surface area contributed by atoms with Crippen LogP contribution >= 0.6 is 0 Å². The first-order chi connectivity index (χ1) is 10.2. The monoisotopic (exact) mass is 281 g/mol. The highest BCUT2D eigenvalue weighted by atomic mass is 15.2. The van der Waals surface area contributed by atoms with E-state index in [-0.39, 0.29) is 6.04 Å². The normalized spacial score (nSPS) is 12.7. The molecule has 2 heterocycles. The lowest BCUT2D eigenvalue weighted by Gasteiger charge is -2.16. The molecule has 0 aliphatic heterocycles. The minimum atomic E-state index is -0.0301. The molecule has 0 amide bonds. The number of aryl methyl sites for hydroxylation is 2. The molecule has 1 atom stereocenters. The first-order valence-electron chi connectivity index (χ1n) is 6.97. The third kappa shape index (κ3) is 2.79. The van der Waals surface area contributed by atoms with Gasteiger partial charge in [0.05, 0.1) is 23.4 Å². The van der Waals surface area contributed by atoms with Gasteiger partial charge in [-0.05, 0) is 36.6 Å². The number of hydrogen-bond acceptors (Lipinski definition) is 4. The molecule has 3 aromatic rings. The summed E-state index contributed by atoms with van der Waals surface area (Å²) in [6, 6.07) is 10.2. The van der Waals surface area contributed by atoms with Gasteiger partial charge >= 0.3 is 0 Å². The number of nitrogens with two attached hydrogens (primary N) is 1. The van der Waals surface area contributed by atoms with Gasteiger partial charge in [-0.2, -0.15) is 5.10 Å². The van der Waals surface area contributed by atoms with Crippen molar-refractivity contribution in [1.82, 2.24) is 20.2 Å². The van der Waals surface area contributed by atoms with Crippen molar-refractivity contribution >= 4 is 10.9 Å². The molecule has 3 rings (SSSR count). The molecule has 0 saturated heterocycles. The van der Waals surface area contributed by atoms with Crippen LogP contribution in [-0.2, 0) is 13.5 Å². The summed E-state index contributed by atoms with van der Waals surface area (Å²) in [6.45, 7) is 2.10. The minimum absolute atomic E-state index is 0.0301. The molecule has 0 fully saturated rings. The molecule has 0 radical (unpaired) electrons. The summed E-state index contributed by atoms with van der Waals surface area (Å²) in [6.07, 6.45) is 4.62. The SMILES string of the molecule is Cc1cc(C(Cc2cnn(C)c2)NN)nc2ccccc12. The van der Waals surface area contributed by atoms with E-state index in [1.54, 1.807) is 4.68 Å². The summed E-state index contributed by atoms with van der Waals surface area (Å²) < 4.78 is 1.79. The maximum absolute atomic E-state index is 5.74. The Morgan fingerprint density at radius 3 is 2.86 bits per heavy atom. The molecule has 0 aliphatic carbocycles. The fourth-order valence-corrected chi connectivity index (χ4v) is 2.62. The van der Waals surface area contributed by atoms with Gasteiger partial charge in [0, 0.05) is 18.6 Å². The first-order valence-corrected chi connectivity index (χ1v) is 6.97. The van der Waals surface area contributed by atoms with Crippen LogP contribution in [-0.4, -0.2) is 14.8 Å². The Bertz CT molecular complexity index is 762. The Hall–Kier alpha value is -2.24. The zero-order valence-corrected chi connectivity index (χ0v) is 12.2. The van der Waals surface area contributed by atoms with Gasteiger partial charge in [-0.25, -0.2) is 0 Å². The number of pyridine rings is 1. The van der Waals surface area contributed by atoms with Crippen LogP contribution in [0, 0.1) is 6.92 Å². The molecule has 21 heavy (non-hydrogen) atoms. The van der Waals surface area contributed by atoms with Gasteiger partial charge in [0.1, 0.15) is 0 Å². The van der Waals surface area contributed by atoms with Crippen molar-refractivity contribution in [2.75, 3.05) is 0 Å². The van der Waals surface area contributed by atoms with Gasteiger partial charge in [-0.3, -0.25) is 20.9 Å². The highest BCUT2D eigenvalue weighted by Gasteiger charge is 2.14. The van der Waals surface area contributed by atoms with Crippen LogP contribution in [0.25, 0.3) is 10.9 Å². The van der Waals surface area contributed by atoms with E-state index in [9.17, 15) is 0 Å². The quantitative estimate of drug-likeness (QED) is 0.567. The summed E-state index contributed by atoms with van der Waals surface area (Å²) in [5.41, 5.74) is 7.17. The molecule has 5 nitrogen and oxygen atoms in total. The summed E-state index contributed by atoms with van der Waals surface area (Å²) in [5, 5.41) is 5.37. The van der Waals surface area contributed by atoms with Crippen molar-refractivity contribution in [1.29, 1.82) is 0 Å². The summed E-state index contributed by atoms with van der Waals surface area (Å²) >= 11 is 0. The van der Waals surface area contributed by atoms with Gasteiger partial charge in [-0.1, -0.05) is 18.2 Å². The third-order valence-electron chi connectivity index (χ3n) is 3.70. The van der Waals surface area contributed by atoms with E-state index in [0.717, 1.165) is 23.2 Å². The summed E-state index contributed by atoms with van der Waals surface area (Å²) in [4.78, 5) is 4.74.